The van der Waals surface area contributed by atoms with Crippen molar-refractivity contribution in [2.75, 3.05) is 7.11 Å². The average molecular weight is 874 g/mol. The highest BCUT2D eigenvalue weighted by Gasteiger charge is 2.64. The number of benzene rings is 1. The van der Waals surface area contributed by atoms with E-state index in [1.807, 2.05) is 33.8 Å². The van der Waals surface area contributed by atoms with Crippen molar-refractivity contribution >= 4 is 23.6 Å². The van der Waals surface area contributed by atoms with Gasteiger partial charge in [0.2, 0.25) is 5.78 Å². The number of amides is 1. The molecule has 2 heterocycles. The fourth-order valence-corrected chi connectivity index (χ4v) is 12.3. The lowest BCUT2D eigenvalue weighted by Crippen LogP contribution is -2.70. The smallest absolute Gasteiger partial charge is 0.346 e. The van der Waals surface area contributed by atoms with Crippen LogP contribution in [0.25, 0.3) is 0 Å². The lowest BCUT2D eigenvalue weighted by Gasteiger charge is -2.57. The summed E-state index contributed by atoms with van der Waals surface area (Å²) in [5.41, 5.74) is -2.07. The first kappa shape index (κ1) is 46.2. The molecule has 6 aliphatic rings. The highest BCUT2D eigenvalue weighted by Crippen LogP contribution is 2.62. The first-order valence-corrected chi connectivity index (χ1v) is 22.1. The molecule has 1 aromatic carbocycles. The van der Waals surface area contributed by atoms with E-state index in [2.05, 4.69) is 24.4 Å². The van der Waals surface area contributed by atoms with Gasteiger partial charge in [-0.1, -0.05) is 61.8 Å². The molecule has 0 aromatic heterocycles. The normalized spacial score (nSPS) is 41.0. The molecule has 4 aliphatic carbocycles. The van der Waals surface area contributed by atoms with Crippen LogP contribution < -0.4 is 10.1 Å². The number of carbonyl (C=O) groups is 4. The summed E-state index contributed by atoms with van der Waals surface area (Å²) < 4.78 is 24.3. The van der Waals surface area contributed by atoms with E-state index in [1.165, 1.54) is 26.2 Å². The van der Waals surface area contributed by atoms with Gasteiger partial charge in [-0.25, -0.2) is 9.59 Å². The first-order chi connectivity index (χ1) is 29.5. The predicted molar refractivity (Wildman–Crippen MR) is 230 cm³/mol. The van der Waals surface area contributed by atoms with Gasteiger partial charge >= 0.3 is 11.9 Å². The quantitative estimate of drug-likeness (QED) is 0.105. The maximum atomic E-state index is 15.0. The standard InChI is InChI=1S/C49H63NO13/c1-22-12-11-13-23(2)37-26(5)18-32-34(62-46-42(54)48(9,59)39(28(7)61-46)50-43(55)35-25(4)17-30(60-10)20-33(35)51)15-14-24(3)38(32)47(37,8)40(52)36-41(53)49(63-45(36)58)21-27(6)31(44(56)57)19-29(49)16-22/h13,16-20,24,27-29,32,34,37-39,42,46,51-52,54,59H,11-12,14-15,21H2,1-10H3,(H,50,55)(H,56,57)/b22-16+,23-13+,40-36?/t24-,27+,28+,29+,32+,34-,37+,38+,39+,42-,46-,47+,48+,49-/m0/s1. The van der Waals surface area contributed by atoms with E-state index >= 15 is 0 Å². The Morgan fingerprint density at radius 2 is 1.67 bits per heavy atom. The number of aliphatic hydroxyl groups excluding tert-OH is 2. The number of hydrogen-bond acceptors (Lipinski definition) is 12. The van der Waals surface area contributed by atoms with Gasteiger partial charge in [-0.2, -0.15) is 0 Å². The van der Waals surface area contributed by atoms with Crippen LogP contribution in [0.15, 0.2) is 70.1 Å². The molecule has 1 amide bonds. The summed E-state index contributed by atoms with van der Waals surface area (Å²) in [6, 6.07) is 1.78. The highest BCUT2D eigenvalue weighted by atomic mass is 16.7. The zero-order valence-corrected chi connectivity index (χ0v) is 37.9. The molecule has 1 spiro atoms. The summed E-state index contributed by atoms with van der Waals surface area (Å²) in [7, 11) is 1.44. The number of ether oxygens (including phenoxy) is 4. The van der Waals surface area contributed by atoms with Gasteiger partial charge in [0.25, 0.3) is 5.91 Å². The van der Waals surface area contributed by atoms with Crippen LogP contribution in [0, 0.1) is 47.8 Å². The molecule has 1 aromatic rings. The van der Waals surface area contributed by atoms with Crippen LogP contribution in [0.4, 0.5) is 0 Å². The van der Waals surface area contributed by atoms with E-state index in [4.69, 9.17) is 18.9 Å². The predicted octanol–water partition coefficient (Wildman–Crippen LogP) is 6.32. The van der Waals surface area contributed by atoms with Crippen molar-refractivity contribution in [1.29, 1.82) is 0 Å². The van der Waals surface area contributed by atoms with Crippen molar-refractivity contribution in [2.45, 2.75) is 136 Å². The van der Waals surface area contributed by atoms with Gasteiger partial charge in [0.15, 0.2) is 11.9 Å². The van der Waals surface area contributed by atoms with Crippen molar-refractivity contribution in [3.8, 4) is 11.5 Å². The van der Waals surface area contributed by atoms with E-state index in [1.54, 1.807) is 26.8 Å². The number of Topliss-reactive ketones (excluding diaryl/α,β-unsaturated/α-hetero) is 1. The van der Waals surface area contributed by atoms with Crippen LogP contribution in [-0.2, 0) is 28.6 Å². The topological polar surface area (TPSA) is 218 Å². The maximum absolute atomic E-state index is 15.0. The number of phenols is 1. The number of allylic oxidation sites excluding steroid dienone is 5. The van der Waals surface area contributed by atoms with Crippen molar-refractivity contribution < 1.29 is 63.7 Å². The Morgan fingerprint density at radius 3 is 2.32 bits per heavy atom. The van der Waals surface area contributed by atoms with Crippen LogP contribution in [0.1, 0.15) is 103 Å². The molecule has 3 fully saturated rings. The largest absolute Gasteiger partial charge is 0.511 e. The number of methoxy groups -OCH3 is 1. The molecule has 1 saturated carbocycles. The van der Waals surface area contributed by atoms with E-state index in [0.717, 1.165) is 16.7 Å². The van der Waals surface area contributed by atoms with Crippen LogP contribution in [0.2, 0.25) is 0 Å². The molecule has 0 unspecified atom stereocenters. The van der Waals surface area contributed by atoms with Crippen LogP contribution >= 0.6 is 0 Å². The van der Waals surface area contributed by atoms with E-state index < -0.39 is 106 Å². The summed E-state index contributed by atoms with van der Waals surface area (Å²) in [5, 5.41) is 60.1. The van der Waals surface area contributed by atoms with Gasteiger partial charge in [0.1, 0.15) is 34.5 Å². The van der Waals surface area contributed by atoms with Crippen molar-refractivity contribution in [3.05, 3.63) is 81.2 Å². The molecule has 14 nitrogen and oxygen atoms in total. The molecule has 342 valence electrons. The molecule has 0 radical (unpaired) electrons. The molecular formula is C49H63NO13. The van der Waals surface area contributed by atoms with Gasteiger partial charge < -0.3 is 49.8 Å². The summed E-state index contributed by atoms with van der Waals surface area (Å²) in [5.74, 6) is -6.56. The number of hydrogen-bond donors (Lipinski definition) is 6. The second-order valence-electron chi connectivity index (χ2n) is 19.5. The minimum absolute atomic E-state index is 0.0161. The number of phenolic OH excluding ortho intramolecular Hbond substituents is 1. The molecule has 2 bridgehead atoms. The minimum Gasteiger partial charge on any atom is -0.511 e. The number of aryl methyl sites for hydroxylation is 1. The third-order valence-corrected chi connectivity index (χ3v) is 15.3. The second-order valence-corrected chi connectivity index (χ2v) is 19.5. The summed E-state index contributed by atoms with van der Waals surface area (Å²) in [6.45, 7) is 16.2. The number of aliphatic carboxylic acids is 1. The average Bonchev–Trinajstić information content (AvgIpc) is 3.44. The van der Waals surface area contributed by atoms with Crippen LogP contribution in [-0.4, -0.2) is 98.1 Å². The van der Waals surface area contributed by atoms with Crippen molar-refractivity contribution in [3.63, 3.8) is 0 Å². The van der Waals surface area contributed by atoms with Gasteiger partial charge in [-0.05, 0) is 96.6 Å². The number of ketones is 1. The molecule has 63 heavy (non-hydrogen) atoms. The molecule has 6 N–H and O–H groups in total. The number of rotatable bonds is 6. The Hall–Kier alpha value is -4.76. The lowest BCUT2D eigenvalue weighted by molar-refractivity contribution is -0.315. The third-order valence-electron chi connectivity index (χ3n) is 15.3. The number of nitrogens with one attached hydrogen (secondary N) is 1. The minimum atomic E-state index is -1.97. The number of aromatic hydroxyl groups is 1. The van der Waals surface area contributed by atoms with Gasteiger partial charge in [0.05, 0.1) is 30.9 Å². The molecule has 7 rings (SSSR count). The SMILES string of the molecule is COc1cc(C)c(C(=O)N[C@@H]2[C@@H](C)O[C@@H](O[C@H]3CC[C@H](C)[C@@H]4[C@@H]3C=C(C)[C@H]3/C(C)=C/CC/C(C)=C/[C@@H]5C=C(C(=O)O)[C@H](C)C[C@]56OC(=O)C(=C(O)[C@@]43C)C6=O)[C@H](O)[C@]2(C)O)c(O)c1. The number of carbonyl (C=O) groups excluding carboxylic acids is 3. The fraction of sp³-hybridized carbons (Fsp3) is 0.592. The van der Waals surface area contributed by atoms with E-state index in [0.29, 0.717) is 37.0 Å². The third kappa shape index (κ3) is 7.54. The lowest BCUT2D eigenvalue weighted by atomic mass is 9.49. The monoisotopic (exact) mass is 873 g/mol. The van der Waals surface area contributed by atoms with Crippen molar-refractivity contribution in [1.82, 2.24) is 5.32 Å². The summed E-state index contributed by atoms with van der Waals surface area (Å²) >= 11 is 0. The number of carboxylic acids is 1. The second kappa shape index (κ2) is 16.7. The first-order valence-electron chi connectivity index (χ1n) is 22.1. The maximum Gasteiger partial charge on any atom is 0.346 e. The molecule has 2 saturated heterocycles. The van der Waals surface area contributed by atoms with Crippen molar-refractivity contribution in [2.24, 2.45) is 40.9 Å². The fourth-order valence-electron chi connectivity index (χ4n) is 12.3. The zero-order chi connectivity index (χ0) is 46.2. The molecule has 14 atom stereocenters. The molecular weight excluding hydrogens is 811 g/mol. The summed E-state index contributed by atoms with van der Waals surface area (Å²) in [6.07, 6.45) is 5.43. The Bertz CT molecular complexity index is 2230. The molecule has 14 heteroatoms. The Labute approximate surface area is 368 Å². The number of fused-ring (bicyclic) bond motifs is 4. The Balaban J connectivity index is 1.24. The Kier molecular flexibility index (Phi) is 12.2. The van der Waals surface area contributed by atoms with Gasteiger partial charge in [-0.15, -0.1) is 0 Å². The molecule has 2 aliphatic heterocycles. The van der Waals surface area contributed by atoms with E-state index in [9.17, 15) is 44.7 Å². The van der Waals surface area contributed by atoms with Gasteiger partial charge in [-0.3, -0.25) is 9.59 Å². The summed E-state index contributed by atoms with van der Waals surface area (Å²) in [4.78, 5) is 55.1. The van der Waals surface area contributed by atoms with E-state index in [-0.39, 0.29) is 35.0 Å². The van der Waals surface area contributed by atoms with Gasteiger partial charge in [0, 0.05) is 41.2 Å². The van der Waals surface area contributed by atoms with Crippen LogP contribution in [0.3, 0.4) is 0 Å². The Morgan fingerprint density at radius 1 is 0.968 bits per heavy atom. The van der Waals surface area contributed by atoms with Crippen LogP contribution in [0.5, 0.6) is 11.5 Å². The number of esters is 1. The highest BCUT2D eigenvalue weighted by molar-refractivity contribution is 6.26. The number of aliphatic hydroxyl groups is 3. The zero-order valence-electron chi connectivity index (χ0n) is 37.9. The number of carboxylic acid groups (broad SMARTS) is 1.